The van der Waals surface area contributed by atoms with Crippen molar-refractivity contribution in [2.75, 3.05) is 20.3 Å². The molecule has 0 amide bonds. The monoisotopic (exact) mass is 749 g/mol. The molecule has 0 heterocycles. The molecule has 0 aromatic rings. The highest BCUT2D eigenvalue weighted by Gasteiger charge is 2.24. The Balaban J connectivity index is 4.16. The fraction of sp³-hybridized carbons (Fsp3) is 0.674. The summed E-state index contributed by atoms with van der Waals surface area (Å²) in [4.78, 5) is 34.4. The summed E-state index contributed by atoms with van der Waals surface area (Å²) in [5, 5.41) is 0. The standard InChI is InChI=1S/C43H73O8P/c1-4-6-8-10-12-14-16-18-20-22-24-26-28-30-32-34-36-38-43(45)51-41(40-50-52(46,47)48-3)39-49-42(44)37-35-33-31-29-27-25-23-21-19-17-15-13-11-9-7-5-2/h6,8,12,14,18,20-21,23-24,26,30,32,41H,4-5,7,9-11,13,15-17,19,22,25,27-29,31,33-40H2,1-3H3,(H,46,47)/b8-6-,14-12-,20-18-,23-21-,26-24-,32-30-. The van der Waals surface area contributed by atoms with Crippen LogP contribution in [0.2, 0.25) is 0 Å². The van der Waals surface area contributed by atoms with Crippen molar-refractivity contribution in [2.45, 2.75) is 168 Å². The molecule has 2 unspecified atom stereocenters. The second-order valence-corrected chi connectivity index (χ2v) is 14.6. The van der Waals surface area contributed by atoms with E-state index in [1.165, 1.54) is 51.4 Å². The third-order valence-electron chi connectivity index (χ3n) is 8.18. The average molecular weight is 749 g/mol. The van der Waals surface area contributed by atoms with Crippen LogP contribution in [0.1, 0.15) is 162 Å². The highest BCUT2D eigenvalue weighted by Crippen LogP contribution is 2.42. The van der Waals surface area contributed by atoms with E-state index < -0.39 is 32.5 Å². The van der Waals surface area contributed by atoms with Gasteiger partial charge >= 0.3 is 19.8 Å². The quantitative estimate of drug-likeness (QED) is 0.0292. The Kier molecular flexibility index (Phi) is 36.4. The van der Waals surface area contributed by atoms with Gasteiger partial charge in [-0.15, -0.1) is 0 Å². The van der Waals surface area contributed by atoms with Gasteiger partial charge in [-0.3, -0.25) is 18.6 Å². The van der Waals surface area contributed by atoms with Gasteiger partial charge in [0.15, 0.2) is 6.10 Å². The maximum Gasteiger partial charge on any atom is 0.472 e. The number of carbonyl (C=O) groups excluding carboxylic acids is 2. The Morgan fingerprint density at radius 1 is 0.558 bits per heavy atom. The zero-order valence-corrected chi connectivity index (χ0v) is 33.8. The molecule has 1 N–H and O–H groups in total. The van der Waals surface area contributed by atoms with E-state index in [-0.39, 0.29) is 19.4 Å². The molecule has 52 heavy (non-hydrogen) atoms. The summed E-state index contributed by atoms with van der Waals surface area (Å²) in [7, 11) is -3.23. The van der Waals surface area contributed by atoms with E-state index in [4.69, 9.17) is 14.0 Å². The fourth-order valence-corrected chi connectivity index (χ4v) is 5.56. The maximum atomic E-state index is 12.5. The summed E-state index contributed by atoms with van der Waals surface area (Å²) in [5.74, 6) is -0.887. The third kappa shape index (κ3) is 37.3. The number of allylic oxidation sites excluding steroid dienone is 12. The van der Waals surface area contributed by atoms with E-state index in [1.54, 1.807) is 0 Å². The van der Waals surface area contributed by atoms with Crippen molar-refractivity contribution < 1.29 is 37.6 Å². The minimum absolute atomic E-state index is 0.162. The van der Waals surface area contributed by atoms with Crippen LogP contribution in [-0.2, 0) is 32.7 Å². The second kappa shape index (κ2) is 38.2. The van der Waals surface area contributed by atoms with Crippen LogP contribution in [0.3, 0.4) is 0 Å². The van der Waals surface area contributed by atoms with Gasteiger partial charge in [0.1, 0.15) is 6.61 Å². The molecule has 0 saturated carbocycles. The fourth-order valence-electron chi connectivity index (χ4n) is 5.10. The molecule has 0 spiro atoms. The van der Waals surface area contributed by atoms with Crippen molar-refractivity contribution in [2.24, 2.45) is 0 Å². The summed E-state index contributed by atoms with van der Waals surface area (Å²) in [6, 6.07) is 0. The van der Waals surface area contributed by atoms with E-state index in [2.05, 4.69) is 85.2 Å². The van der Waals surface area contributed by atoms with E-state index >= 15 is 0 Å². The van der Waals surface area contributed by atoms with Crippen LogP contribution in [0.5, 0.6) is 0 Å². The lowest BCUT2D eigenvalue weighted by molar-refractivity contribution is -0.161. The van der Waals surface area contributed by atoms with Gasteiger partial charge in [0.2, 0.25) is 0 Å². The van der Waals surface area contributed by atoms with Gasteiger partial charge < -0.3 is 14.4 Å². The number of hydrogen-bond acceptors (Lipinski definition) is 7. The number of rotatable bonds is 36. The van der Waals surface area contributed by atoms with Crippen molar-refractivity contribution in [3.63, 3.8) is 0 Å². The van der Waals surface area contributed by atoms with E-state index in [9.17, 15) is 19.0 Å². The second-order valence-electron chi connectivity index (χ2n) is 13.0. The first kappa shape index (κ1) is 49.5. The largest absolute Gasteiger partial charge is 0.472 e. The van der Waals surface area contributed by atoms with Crippen LogP contribution in [0.15, 0.2) is 72.9 Å². The first-order chi connectivity index (χ1) is 25.3. The Morgan fingerprint density at radius 3 is 1.54 bits per heavy atom. The minimum Gasteiger partial charge on any atom is -0.462 e. The van der Waals surface area contributed by atoms with Crippen LogP contribution in [0.4, 0.5) is 0 Å². The molecule has 8 nitrogen and oxygen atoms in total. The normalized spacial score (nSPS) is 14.2. The number of carbonyl (C=O) groups is 2. The molecule has 0 rings (SSSR count). The van der Waals surface area contributed by atoms with Gasteiger partial charge in [0.25, 0.3) is 0 Å². The van der Waals surface area contributed by atoms with Crippen molar-refractivity contribution in [1.29, 1.82) is 0 Å². The molecule has 0 aliphatic carbocycles. The van der Waals surface area contributed by atoms with Crippen LogP contribution in [0.25, 0.3) is 0 Å². The van der Waals surface area contributed by atoms with Gasteiger partial charge in [-0.1, -0.05) is 145 Å². The van der Waals surface area contributed by atoms with Crippen molar-refractivity contribution >= 4 is 19.8 Å². The number of phosphoric acid groups is 1. The topological polar surface area (TPSA) is 108 Å². The Labute approximate surface area is 317 Å². The number of hydrogen-bond donors (Lipinski definition) is 1. The first-order valence-corrected chi connectivity index (χ1v) is 21.6. The molecular weight excluding hydrogens is 675 g/mol. The van der Waals surface area contributed by atoms with Crippen molar-refractivity contribution in [1.82, 2.24) is 0 Å². The molecule has 0 bridgehead atoms. The van der Waals surface area contributed by atoms with Gasteiger partial charge in [0, 0.05) is 20.0 Å². The molecule has 0 aromatic heterocycles. The number of phosphoric ester groups is 1. The predicted molar refractivity (Wildman–Crippen MR) is 216 cm³/mol. The highest BCUT2D eigenvalue weighted by molar-refractivity contribution is 7.47. The Morgan fingerprint density at radius 2 is 1.00 bits per heavy atom. The molecule has 0 saturated heterocycles. The lowest BCUT2D eigenvalue weighted by atomic mass is 10.1. The van der Waals surface area contributed by atoms with Crippen LogP contribution >= 0.6 is 7.82 Å². The van der Waals surface area contributed by atoms with Crippen molar-refractivity contribution in [3.05, 3.63) is 72.9 Å². The molecule has 0 aromatic carbocycles. The summed E-state index contributed by atoms with van der Waals surface area (Å²) in [6.07, 6.45) is 48.2. The van der Waals surface area contributed by atoms with E-state index in [0.717, 1.165) is 77.7 Å². The Hall–Kier alpha value is -2.51. The summed E-state index contributed by atoms with van der Waals surface area (Å²) >= 11 is 0. The SMILES string of the molecule is CC/C=C\C/C=C\C/C=C\C/C=C\C/C=C\CCCC(=O)OC(COC(=O)CCCCCCC/C=C\CCCCCCCCC)COP(=O)(O)OC. The molecule has 298 valence electrons. The van der Waals surface area contributed by atoms with E-state index in [1.807, 2.05) is 6.08 Å². The van der Waals surface area contributed by atoms with Crippen LogP contribution < -0.4 is 0 Å². The molecule has 0 fully saturated rings. The zero-order valence-electron chi connectivity index (χ0n) is 32.9. The van der Waals surface area contributed by atoms with E-state index in [0.29, 0.717) is 12.8 Å². The van der Waals surface area contributed by atoms with Crippen LogP contribution in [0, 0.1) is 0 Å². The third-order valence-corrected chi connectivity index (χ3v) is 9.12. The minimum atomic E-state index is -4.28. The van der Waals surface area contributed by atoms with Gasteiger partial charge in [-0.2, -0.15) is 0 Å². The number of ether oxygens (including phenoxy) is 2. The average Bonchev–Trinajstić information content (AvgIpc) is 3.13. The smallest absolute Gasteiger partial charge is 0.462 e. The van der Waals surface area contributed by atoms with Crippen LogP contribution in [-0.4, -0.2) is 43.3 Å². The molecule has 0 aliphatic rings. The van der Waals surface area contributed by atoms with Gasteiger partial charge in [0.05, 0.1) is 6.61 Å². The molecule has 0 aliphatic heterocycles. The highest BCUT2D eigenvalue weighted by atomic mass is 31.2. The van der Waals surface area contributed by atoms with Crippen molar-refractivity contribution in [3.8, 4) is 0 Å². The van der Waals surface area contributed by atoms with Gasteiger partial charge in [-0.25, -0.2) is 4.57 Å². The summed E-state index contributed by atoms with van der Waals surface area (Å²) < 4.78 is 31.9. The molecule has 9 heteroatoms. The predicted octanol–water partition coefficient (Wildman–Crippen LogP) is 12.6. The lowest BCUT2D eigenvalue weighted by Gasteiger charge is -2.19. The Bertz CT molecular complexity index is 1080. The number of unbranched alkanes of at least 4 members (excludes halogenated alkanes) is 13. The number of esters is 2. The molecular formula is C43H73O8P. The summed E-state index contributed by atoms with van der Waals surface area (Å²) in [5.41, 5.74) is 0. The molecule has 2 atom stereocenters. The molecule has 0 radical (unpaired) electrons. The first-order valence-electron chi connectivity index (χ1n) is 20.1. The zero-order chi connectivity index (χ0) is 38.2. The summed E-state index contributed by atoms with van der Waals surface area (Å²) in [6.45, 7) is 3.70. The van der Waals surface area contributed by atoms with Gasteiger partial charge in [-0.05, 0) is 77.0 Å². The maximum absolute atomic E-state index is 12.5. The lowest BCUT2D eigenvalue weighted by Crippen LogP contribution is -2.29.